The van der Waals surface area contributed by atoms with Gasteiger partial charge < -0.3 is 9.47 Å². The van der Waals surface area contributed by atoms with Gasteiger partial charge in [0.15, 0.2) is 6.61 Å². The molecule has 182 valence electrons. The molecule has 0 saturated heterocycles. The Morgan fingerprint density at radius 1 is 1.06 bits per heavy atom. The average molecular weight is 475 g/mol. The summed E-state index contributed by atoms with van der Waals surface area (Å²) in [5, 5.41) is 19.2. The number of aromatic nitrogens is 6. The van der Waals surface area contributed by atoms with E-state index >= 15 is 0 Å². The summed E-state index contributed by atoms with van der Waals surface area (Å²) in [5.74, 6) is 0.777. The van der Waals surface area contributed by atoms with Crippen molar-refractivity contribution >= 4 is 5.97 Å². The highest BCUT2D eigenvalue weighted by Gasteiger charge is 2.19. The Morgan fingerprint density at radius 3 is 2.51 bits per heavy atom. The van der Waals surface area contributed by atoms with Gasteiger partial charge in [-0.15, -0.1) is 10.2 Å². The fraction of sp³-hybridized carbons (Fsp3) is 0.346. The molecule has 0 unspecified atom stereocenters. The van der Waals surface area contributed by atoms with Crippen LogP contribution in [0.4, 0.5) is 0 Å². The Hall–Kier alpha value is -4.01. The molecule has 0 aliphatic rings. The number of rotatable bonds is 11. The molecular weight excluding hydrogens is 444 g/mol. The Labute approximate surface area is 204 Å². The third-order valence-electron chi connectivity index (χ3n) is 5.73. The fourth-order valence-electron chi connectivity index (χ4n) is 4.05. The zero-order valence-electron chi connectivity index (χ0n) is 20.3. The maximum absolute atomic E-state index is 11.9. The van der Waals surface area contributed by atoms with E-state index in [0.717, 1.165) is 52.8 Å². The third-order valence-corrected chi connectivity index (χ3v) is 5.73. The lowest BCUT2D eigenvalue weighted by Gasteiger charge is -2.11. The molecule has 0 aliphatic carbocycles. The summed E-state index contributed by atoms with van der Waals surface area (Å²) in [6.07, 6.45) is 3.62. The van der Waals surface area contributed by atoms with Crippen molar-refractivity contribution < 1.29 is 14.3 Å². The first-order valence-corrected chi connectivity index (χ1v) is 11.9. The van der Waals surface area contributed by atoms with Crippen LogP contribution >= 0.6 is 0 Å². The Balaban J connectivity index is 1.59. The monoisotopic (exact) mass is 474 g/mol. The number of hydrogen-bond acceptors (Lipinski definition) is 7. The maximum Gasteiger partial charge on any atom is 0.344 e. The highest BCUT2D eigenvalue weighted by atomic mass is 16.6. The van der Waals surface area contributed by atoms with Crippen LogP contribution in [0.5, 0.6) is 5.88 Å². The van der Waals surface area contributed by atoms with Gasteiger partial charge in [0, 0.05) is 24.6 Å². The molecular formula is C26H30N6O3. The highest BCUT2D eigenvalue weighted by molar-refractivity contribution is 5.80. The smallest absolute Gasteiger partial charge is 0.344 e. The quantitative estimate of drug-likeness (QED) is 0.326. The largest absolute Gasteiger partial charge is 0.466 e. The molecule has 0 radical (unpaired) electrons. The van der Waals surface area contributed by atoms with Crippen LogP contribution in [0.2, 0.25) is 0 Å². The summed E-state index contributed by atoms with van der Waals surface area (Å²) in [5.41, 5.74) is 6.13. The molecule has 4 aromatic rings. The first-order valence-electron chi connectivity index (χ1n) is 11.9. The second-order valence-corrected chi connectivity index (χ2v) is 8.21. The van der Waals surface area contributed by atoms with Gasteiger partial charge in [0.1, 0.15) is 0 Å². The molecule has 0 amide bonds. The summed E-state index contributed by atoms with van der Waals surface area (Å²) >= 11 is 0. The van der Waals surface area contributed by atoms with E-state index in [9.17, 15) is 4.79 Å². The van der Waals surface area contributed by atoms with Gasteiger partial charge in [-0.25, -0.2) is 9.48 Å². The van der Waals surface area contributed by atoms with Gasteiger partial charge in [-0.3, -0.25) is 0 Å². The topological polar surface area (TPSA) is 108 Å². The number of unbranched alkanes of at least 4 members (excludes halogenated alkanes) is 1. The predicted octanol–water partition coefficient (Wildman–Crippen LogP) is 4.14. The van der Waals surface area contributed by atoms with E-state index in [2.05, 4.69) is 51.8 Å². The molecule has 0 atom stereocenters. The molecule has 2 heterocycles. The van der Waals surface area contributed by atoms with E-state index in [1.54, 1.807) is 11.6 Å². The van der Waals surface area contributed by atoms with E-state index in [1.165, 1.54) is 0 Å². The number of carbonyl (C=O) groups is 1. The van der Waals surface area contributed by atoms with Crippen LogP contribution in [0.15, 0.2) is 48.5 Å². The van der Waals surface area contributed by atoms with Crippen LogP contribution in [0.3, 0.4) is 0 Å². The van der Waals surface area contributed by atoms with Crippen molar-refractivity contribution in [3.05, 3.63) is 65.4 Å². The van der Waals surface area contributed by atoms with Gasteiger partial charge in [-0.05, 0) is 41.7 Å². The number of nitrogens with one attached hydrogen (secondary N) is 1. The Kier molecular flexibility index (Phi) is 7.87. The molecule has 2 aromatic carbocycles. The van der Waals surface area contributed by atoms with Crippen molar-refractivity contribution in [2.24, 2.45) is 7.05 Å². The highest BCUT2D eigenvalue weighted by Crippen LogP contribution is 2.31. The summed E-state index contributed by atoms with van der Waals surface area (Å²) < 4.78 is 12.6. The number of benzene rings is 2. The van der Waals surface area contributed by atoms with Gasteiger partial charge in [0.05, 0.1) is 12.3 Å². The summed E-state index contributed by atoms with van der Waals surface area (Å²) in [4.78, 5) is 11.9. The van der Waals surface area contributed by atoms with Gasteiger partial charge in [0.25, 0.3) is 0 Å². The molecule has 2 aromatic heterocycles. The number of aryl methyl sites for hydroxylation is 2. The van der Waals surface area contributed by atoms with Crippen molar-refractivity contribution in [2.45, 2.75) is 39.5 Å². The predicted molar refractivity (Wildman–Crippen MR) is 132 cm³/mol. The second kappa shape index (κ2) is 11.4. The first-order chi connectivity index (χ1) is 17.1. The van der Waals surface area contributed by atoms with Crippen molar-refractivity contribution in [1.82, 2.24) is 30.4 Å². The number of esters is 1. The molecule has 4 rings (SSSR count). The lowest BCUT2D eigenvalue weighted by atomic mass is 9.96. The van der Waals surface area contributed by atoms with Gasteiger partial charge in [0.2, 0.25) is 11.7 Å². The number of nitrogens with zero attached hydrogens (tertiary/aromatic N) is 5. The summed E-state index contributed by atoms with van der Waals surface area (Å²) in [7, 11) is 1.84. The van der Waals surface area contributed by atoms with Gasteiger partial charge >= 0.3 is 5.97 Å². The van der Waals surface area contributed by atoms with Crippen LogP contribution in [0.1, 0.15) is 43.5 Å². The van der Waals surface area contributed by atoms with Crippen LogP contribution in [-0.2, 0) is 29.4 Å². The number of tetrazole rings is 1. The van der Waals surface area contributed by atoms with E-state index < -0.39 is 0 Å². The maximum atomic E-state index is 11.9. The standard InChI is InChI=1S/C26H30N6O3/c1-4-6-11-23-22(26(32(3)29-23)35-17-24(33)34-5-2)16-18-12-14-19(15-13-18)20-9-7-8-10-21(20)25-27-30-31-28-25/h7-10,12-15H,4-6,11,16-17H2,1-3H3,(H,27,28,30,31). The summed E-state index contributed by atoms with van der Waals surface area (Å²) in [6.45, 7) is 4.12. The van der Waals surface area contributed by atoms with Crippen LogP contribution in [0, 0.1) is 0 Å². The van der Waals surface area contributed by atoms with E-state index in [0.29, 0.717) is 24.7 Å². The first kappa shape index (κ1) is 24.1. The van der Waals surface area contributed by atoms with Gasteiger partial charge in [-0.1, -0.05) is 61.9 Å². The van der Waals surface area contributed by atoms with Crippen molar-refractivity contribution in [1.29, 1.82) is 0 Å². The van der Waals surface area contributed by atoms with Crippen LogP contribution in [-0.4, -0.2) is 49.6 Å². The summed E-state index contributed by atoms with van der Waals surface area (Å²) in [6, 6.07) is 16.4. The molecule has 0 fully saturated rings. The Morgan fingerprint density at radius 2 is 1.83 bits per heavy atom. The second-order valence-electron chi connectivity index (χ2n) is 8.21. The van der Waals surface area contributed by atoms with E-state index in [4.69, 9.17) is 14.6 Å². The molecule has 0 aliphatic heterocycles. The third kappa shape index (κ3) is 5.74. The van der Waals surface area contributed by atoms with Crippen molar-refractivity contribution in [2.75, 3.05) is 13.2 Å². The number of aromatic amines is 1. The van der Waals surface area contributed by atoms with Crippen molar-refractivity contribution in [3.63, 3.8) is 0 Å². The molecule has 35 heavy (non-hydrogen) atoms. The Bertz CT molecular complexity index is 1250. The minimum atomic E-state index is -0.389. The van der Waals surface area contributed by atoms with Crippen LogP contribution in [0.25, 0.3) is 22.5 Å². The SMILES string of the molecule is CCCCc1nn(C)c(OCC(=O)OCC)c1Cc1ccc(-c2ccccc2-c2nn[nH]n2)cc1. The lowest BCUT2D eigenvalue weighted by molar-refractivity contribution is -0.145. The minimum absolute atomic E-state index is 0.139. The van der Waals surface area contributed by atoms with Gasteiger partial charge in [-0.2, -0.15) is 10.3 Å². The number of carbonyl (C=O) groups excluding carboxylic acids is 1. The zero-order chi connectivity index (χ0) is 24.6. The molecule has 0 bridgehead atoms. The van der Waals surface area contributed by atoms with Crippen LogP contribution < -0.4 is 4.74 Å². The normalized spacial score (nSPS) is 10.9. The minimum Gasteiger partial charge on any atom is -0.466 e. The average Bonchev–Trinajstić information content (AvgIpc) is 3.51. The fourth-order valence-corrected chi connectivity index (χ4v) is 4.05. The lowest BCUT2D eigenvalue weighted by Crippen LogP contribution is -2.16. The van der Waals surface area contributed by atoms with Crippen molar-refractivity contribution in [3.8, 4) is 28.4 Å². The number of H-pyrrole nitrogens is 1. The molecule has 9 nitrogen and oxygen atoms in total. The molecule has 0 spiro atoms. The van der Waals surface area contributed by atoms with E-state index in [1.807, 2.05) is 31.3 Å². The number of hydrogen-bond donors (Lipinski definition) is 1. The molecule has 9 heteroatoms. The van der Waals surface area contributed by atoms with E-state index in [-0.39, 0.29) is 12.6 Å². The molecule has 1 N–H and O–H groups in total. The number of ether oxygens (including phenoxy) is 2. The molecule has 0 saturated carbocycles. The zero-order valence-corrected chi connectivity index (χ0v) is 20.3.